The van der Waals surface area contributed by atoms with Gasteiger partial charge >= 0.3 is 5.97 Å². The Morgan fingerprint density at radius 3 is 2.31 bits per heavy atom. The third kappa shape index (κ3) is 6.28. The summed E-state index contributed by atoms with van der Waals surface area (Å²) in [5.74, 6) is -2.06. The lowest BCUT2D eigenvalue weighted by Gasteiger charge is -2.19. The number of ether oxygens (including phenoxy) is 1. The molecule has 8 nitrogen and oxygen atoms in total. The molecule has 0 atom stereocenters. The molecule has 0 bridgehead atoms. The molecule has 0 heterocycles. The summed E-state index contributed by atoms with van der Waals surface area (Å²) >= 11 is 5.21. The first-order valence-electron chi connectivity index (χ1n) is 12.0. The zero-order valence-corrected chi connectivity index (χ0v) is 21.2. The number of carbonyl (C=O) groups excluding carboxylic acids is 4. The van der Waals surface area contributed by atoms with E-state index in [2.05, 4.69) is 22.8 Å². The number of esters is 1. The third-order valence-electron chi connectivity index (χ3n) is 5.70. The predicted octanol–water partition coefficient (Wildman–Crippen LogP) is 4.00. The van der Waals surface area contributed by atoms with Crippen LogP contribution in [0.2, 0.25) is 0 Å². The number of ketones is 3. The fourth-order valence-corrected chi connectivity index (χ4v) is 4.06. The number of rotatable bonds is 11. The summed E-state index contributed by atoms with van der Waals surface area (Å²) in [6.07, 6.45) is 3.84. The largest absolute Gasteiger partial charge is 0.461 e. The van der Waals surface area contributed by atoms with Gasteiger partial charge in [0.05, 0.1) is 13.0 Å². The molecule has 2 N–H and O–H groups in total. The maximum absolute atomic E-state index is 13.3. The average Bonchev–Trinajstić information content (AvgIpc) is 2.89. The summed E-state index contributed by atoms with van der Waals surface area (Å²) in [4.78, 5) is 52.0. The Morgan fingerprint density at radius 2 is 1.61 bits per heavy atom. The number of unbranched alkanes of at least 4 members (excludes halogenated alkanes) is 3. The molecular formula is C27H29N3O5S. The Labute approximate surface area is 215 Å². The summed E-state index contributed by atoms with van der Waals surface area (Å²) in [5.41, 5.74) is 3.19. The molecule has 0 saturated heterocycles. The van der Waals surface area contributed by atoms with Crippen LogP contribution in [0.3, 0.4) is 0 Å². The predicted molar refractivity (Wildman–Crippen MR) is 141 cm³/mol. The van der Waals surface area contributed by atoms with Gasteiger partial charge in [0.15, 0.2) is 28.2 Å². The van der Waals surface area contributed by atoms with Gasteiger partial charge in [0, 0.05) is 34.4 Å². The highest BCUT2D eigenvalue weighted by Crippen LogP contribution is 2.30. The molecule has 0 unspecified atom stereocenters. The van der Waals surface area contributed by atoms with Crippen LogP contribution in [-0.4, -0.2) is 47.3 Å². The standard InChI is InChI=1S/C27H29N3O5S/c1-3-5-6-9-15-28-27(36)30-29-21(26(34)35-4-2)16-22(31)19-13-10-14-20-23(19)25(33)18-12-8-7-11-17(18)24(20)32/h7-8,10-14H,3-6,9,15-16H2,1-2H3,(H2,28,30,36)/b29-21-. The van der Waals surface area contributed by atoms with Crippen molar-refractivity contribution in [1.82, 2.24) is 10.7 Å². The number of hydrogen-bond donors (Lipinski definition) is 2. The molecule has 1 aliphatic carbocycles. The van der Waals surface area contributed by atoms with Gasteiger partial charge in [-0.1, -0.05) is 68.7 Å². The number of carbonyl (C=O) groups is 4. The summed E-state index contributed by atoms with van der Waals surface area (Å²) in [6, 6.07) is 11.0. The minimum absolute atomic E-state index is 0.0339. The highest BCUT2D eigenvalue weighted by Gasteiger charge is 2.33. The number of nitrogens with zero attached hydrogens (tertiary/aromatic N) is 1. The molecule has 0 fully saturated rings. The number of thiocarbonyl (C=S) groups is 1. The van der Waals surface area contributed by atoms with Crippen molar-refractivity contribution in [2.45, 2.75) is 46.0 Å². The monoisotopic (exact) mass is 507 g/mol. The zero-order chi connectivity index (χ0) is 26.1. The lowest BCUT2D eigenvalue weighted by molar-refractivity contribution is -0.135. The Balaban J connectivity index is 1.80. The second-order valence-corrected chi connectivity index (χ2v) is 8.65. The molecular weight excluding hydrogens is 478 g/mol. The van der Waals surface area contributed by atoms with Crippen LogP contribution < -0.4 is 10.7 Å². The fraction of sp³-hybridized carbons (Fsp3) is 0.333. The van der Waals surface area contributed by atoms with Crippen LogP contribution >= 0.6 is 12.2 Å². The molecule has 0 amide bonds. The highest BCUT2D eigenvalue weighted by atomic mass is 32.1. The smallest absolute Gasteiger partial charge is 0.354 e. The SMILES string of the molecule is CCCCCCNC(=S)N/N=C(/CC(=O)c1cccc2c1C(=O)c1ccccc1C2=O)C(=O)OCC. The molecule has 36 heavy (non-hydrogen) atoms. The first-order valence-corrected chi connectivity index (χ1v) is 12.4. The second-order valence-electron chi connectivity index (χ2n) is 8.24. The molecule has 0 saturated carbocycles. The highest BCUT2D eigenvalue weighted by molar-refractivity contribution is 7.80. The van der Waals surface area contributed by atoms with Crippen molar-refractivity contribution in [3.05, 3.63) is 70.3 Å². The molecule has 0 radical (unpaired) electrons. The van der Waals surface area contributed by atoms with Gasteiger partial charge in [0.25, 0.3) is 0 Å². The maximum Gasteiger partial charge on any atom is 0.354 e. The summed E-state index contributed by atoms with van der Waals surface area (Å²) in [7, 11) is 0. The Hall–Kier alpha value is -3.72. The van der Waals surface area contributed by atoms with E-state index in [0.29, 0.717) is 12.1 Å². The van der Waals surface area contributed by atoms with E-state index in [1.165, 1.54) is 12.1 Å². The maximum atomic E-state index is 13.3. The van der Waals surface area contributed by atoms with E-state index in [4.69, 9.17) is 17.0 Å². The molecule has 0 aromatic heterocycles. The van der Waals surface area contributed by atoms with Gasteiger partial charge in [0.1, 0.15) is 0 Å². The normalized spacial score (nSPS) is 12.4. The van der Waals surface area contributed by atoms with E-state index in [0.717, 1.165) is 25.7 Å². The molecule has 1 aliphatic rings. The summed E-state index contributed by atoms with van der Waals surface area (Å²) in [6.45, 7) is 4.52. The van der Waals surface area contributed by atoms with Crippen molar-refractivity contribution < 1.29 is 23.9 Å². The van der Waals surface area contributed by atoms with E-state index in [9.17, 15) is 19.2 Å². The number of nitrogens with one attached hydrogen (secondary N) is 2. The van der Waals surface area contributed by atoms with Crippen molar-refractivity contribution in [2.24, 2.45) is 5.10 Å². The lowest BCUT2D eigenvalue weighted by Crippen LogP contribution is -2.35. The van der Waals surface area contributed by atoms with E-state index >= 15 is 0 Å². The summed E-state index contributed by atoms with van der Waals surface area (Å²) < 4.78 is 5.05. The topological polar surface area (TPSA) is 114 Å². The lowest BCUT2D eigenvalue weighted by atomic mass is 9.80. The van der Waals surface area contributed by atoms with Crippen molar-refractivity contribution in [3.63, 3.8) is 0 Å². The fourth-order valence-electron chi connectivity index (χ4n) is 3.91. The van der Waals surface area contributed by atoms with Gasteiger partial charge < -0.3 is 10.1 Å². The Bertz CT molecular complexity index is 1220. The zero-order valence-electron chi connectivity index (χ0n) is 20.4. The Morgan fingerprint density at radius 1 is 0.917 bits per heavy atom. The Kier molecular flexibility index (Phi) is 9.58. The first-order chi connectivity index (χ1) is 17.4. The van der Waals surface area contributed by atoms with E-state index in [-0.39, 0.29) is 45.5 Å². The van der Waals surface area contributed by atoms with Gasteiger partial charge in [0.2, 0.25) is 0 Å². The number of hydrogen-bond acceptors (Lipinski definition) is 7. The quantitative estimate of drug-likeness (QED) is 0.1000. The first kappa shape index (κ1) is 26.9. The minimum Gasteiger partial charge on any atom is -0.461 e. The number of hydrazone groups is 1. The van der Waals surface area contributed by atoms with Crippen LogP contribution in [0.25, 0.3) is 0 Å². The molecule has 2 aromatic rings. The van der Waals surface area contributed by atoms with Gasteiger partial charge in [-0.05, 0) is 25.6 Å². The van der Waals surface area contributed by atoms with Gasteiger partial charge in [-0.25, -0.2) is 4.79 Å². The van der Waals surface area contributed by atoms with Gasteiger partial charge in [-0.2, -0.15) is 5.10 Å². The van der Waals surface area contributed by atoms with E-state index in [1.54, 1.807) is 37.3 Å². The number of fused-ring (bicyclic) bond motifs is 2. The molecule has 188 valence electrons. The van der Waals surface area contributed by atoms with Gasteiger partial charge in [-0.3, -0.25) is 19.8 Å². The third-order valence-corrected chi connectivity index (χ3v) is 5.94. The van der Waals surface area contributed by atoms with Crippen molar-refractivity contribution >= 4 is 46.4 Å². The van der Waals surface area contributed by atoms with Crippen molar-refractivity contribution in [3.8, 4) is 0 Å². The van der Waals surface area contributed by atoms with Crippen LogP contribution in [0, 0.1) is 0 Å². The molecule has 3 rings (SSSR count). The molecule has 9 heteroatoms. The summed E-state index contributed by atoms with van der Waals surface area (Å²) in [5, 5.41) is 7.25. The van der Waals surface area contributed by atoms with E-state index in [1.807, 2.05) is 0 Å². The van der Waals surface area contributed by atoms with Crippen LogP contribution in [-0.2, 0) is 9.53 Å². The van der Waals surface area contributed by atoms with Crippen molar-refractivity contribution in [2.75, 3.05) is 13.2 Å². The second kappa shape index (κ2) is 12.8. The minimum atomic E-state index is -0.776. The number of Topliss-reactive ketones (excluding diaryl/α,β-unsaturated/α-hetero) is 1. The number of benzene rings is 2. The van der Waals surface area contributed by atoms with Crippen molar-refractivity contribution in [1.29, 1.82) is 0 Å². The molecule has 0 aliphatic heterocycles. The van der Waals surface area contributed by atoms with Crippen LogP contribution in [0.1, 0.15) is 88.2 Å². The average molecular weight is 508 g/mol. The van der Waals surface area contributed by atoms with Gasteiger partial charge in [-0.15, -0.1) is 0 Å². The molecule has 0 spiro atoms. The van der Waals surface area contributed by atoms with Crippen LogP contribution in [0.4, 0.5) is 0 Å². The van der Waals surface area contributed by atoms with E-state index < -0.39 is 24.0 Å². The molecule has 2 aromatic carbocycles. The van der Waals surface area contributed by atoms with Crippen LogP contribution in [0.15, 0.2) is 47.6 Å². The van der Waals surface area contributed by atoms with Crippen LogP contribution in [0.5, 0.6) is 0 Å².